The molecule has 1 aromatic rings. The van der Waals surface area contributed by atoms with Crippen LogP contribution in [0.3, 0.4) is 0 Å². The molecule has 54 valence electrons. The minimum absolute atomic E-state index is 1.09. The maximum atomic E-state index is 3.89. The molecule has 0 aliphatic carbocycles. The summed E-state index contributed by atoms with van der Waals surface area (Å²) in [6, 6.07) is 6.15. The van der Waals surface area contributed by atoms with Crippen LogP contribution in [0.2, 0.25) is 0 Å². The summed E-state index contributed by atoms with van der Waals surface area (Å²) in [7, 11) is 1.91. The predicted molar refractivity (Wildman–Crippen MR) is 43.3 cm³/mol. The number of quaternary nitrogens is 1. The fraction of sp³-hybridized carbons (Fsp3) is 0.250. The number of rotatable bonds is 1. The van der Waals surface area contributed by atoms with Crippen LogP contribution in [0, 0.1) is 6.92 Å². The minimum Gasteiger partial charge on any atom is -0.388 e. The van der Waals surface area contributed by atoms with Gasteiger partial charge in [0.15, 0.2) is 0 Å². The summed E-state index contributed by atoms with van der Waals surface area (Å²) in [6.45, 7) is 2.06. The van der Waals surface area contributed by atoms with Gasteiger partial charge in [0, 0.05) is 24.4 Å². The second-order valence-electron chi connectivity index (χ2n) is 2.39. The molecular formula is C8H13N2+. The van der Waals surface area contributed by atoms with Crippen molar-refractivity contribution in [3.05, 3.63) is 23.8 Å². The van der Waals surface area contributed by atoms with Crippen LogP contribution in [0.15, 0.2) is 18.2 Å². The molecule has 0 aliphatic heterocycles. The van der Waals surface area contributed by atoms with Crippen LogP contribution in [0.5, 0.6) is 0 Å². The van der Waals surface area contributed by atoms with Gasteiger partial charge in [0.05, 0.1) is 0 Å². The van der Waals surface area contributed by atoms with Gasteiger partial charge in [0.2, 0.25) is 0 Å². The summed E-state index contributed by atoms with van der Waals surface area (Å²) in [6.07, 6.45) is 0. The fourth-order valence-corrected chi connectivity index (χ4v) is 0.827. The summed E-state index contributed by atoms with van der Waals surface area (Å²) < 4.78 is 0. The van der Waals surface area contributed by atoms with Gasteiger partial charge >= 0.3 is 0 Å². The first-order valence-electron chi connectivity index (χ1n) is 3.34. The largest absolute Gasteiger partial charge is 0.388 e. The van der Waals surface area contributed by atoms with E-state index < -0.39 is 0 Å². The van der Waals surface area contributed by atoms with Gasteiger partial charge in [-0.2, -0.15) is 0 Å². The number of hydrogen-bond donors (Lipinski definition) is 2. The molecule has 0 aromatic heterocycles. The van der Waals surface area contributed by atoms with Crippen LogP contribution in [-0.4, -0.2) is 7.05 Å². The van der Waals surface area contributed by atoms with Crippen molar-refractivity contribution in [3.8, 4) is 0 Å². The molecule has 0 saturated carbocycles. The lowest BCUT2D eigenvalue weighted by Crippen LogP contribution is -2.41. The predicted octanol–water partition coefficient (Wildman–Crippen LogP) is 0.910. The second-order valence-corrected chi connectivity index (χ2v) is 2.39. The van der Waals surface area contributed by atoms with Gasteiger partial charge in [0.1, 0.15) is 5.69 Å². The highest BCUT2D eigenvalue weighted by atomic mass is 14.8. The zero-order chi connectivity index (χ0) is 7.56. The molecule has 0 heterocycles. The standard InChI is InChI=1S/C8H12N2/c1-6-3-4-7(10-2)5-8(6)9/h3-5,10H,9H2,1-2H3/p+1. The third-order valence-electron chi connectivity index (χ3n) is 1.64. The van der Waals surface area contributed by atoms with Crippen molar-refractivity contribution < 1.29 is 5.73 Å². The third kappa shape index (κ3) is 1.28. The Balaban J connectivity index is 3.04. The van der Waals surface area contributed by atoms with Crippen molar-refractivity contribution >= 4 is 11.4 Å². The Kier molecular flexibility index (Phi) is 1.92. The Hall–Kier alpha value is -1.02. The average molecular weight is 137 g/mol. The number of aryl methyl sites for hydroxylation is 1. The summed E-state index contributed by atoms with van der Waals surface area (Å²) in [5.41, 5.74) is 7.33. The van der Waals surface area contributed by atoms with Crippen molar-refractivity contribution in [2.24, 2.45) is 0 Å². The van der Waals surface area contributed by atoms with Crippen LogP contribution in [0.4, 0.5) is 11.4 Å². The van der Waals surface area contributed by atoms with Crippen LogP contribution in [-0.2, 0) is 0 Å². The molecule has 0 bridgehead atoms. The van der Waals surface area contributed by atoms with Gasteiger partial charge in [-0.25, -0.2) is 0 Å². The van der Waals surface area contributed by atoms with Crippen molar-refractivity contribution in [2.45, 2.75) is 6.92 Å². The molecule has 0 saturated heterocycles. The van der Waals surface area contributed by atoms with Crippen LogP contribution in [0.1, 0.15) is 5.56 Å². The number of hydrogen-bond acceptors (Lipinski definition) is 1. The van der Waals surface area contributed by atoms with E-state index in [4.69, 9.17) is 0 Å². The van der Waals surface area contributed by atoms with Crippen LogP contribution < -0.4 is 11.1 Å². The van der Waals surface area contributed by atoms with E-state index in [0.29, 0.717) is 0 Å². The summed E-state index contributed by atoms with van der Waals surface area (Å²) in [4.78, 5) is 0. The van der Waals surface area contributed by atoms with Gasteiger partial charge < -0.3 is 11.1 Å². The number of anilines is 1. The normalized spacial score (nSPS) is 9.50. The first-order chi connectivity index (χ1) is 4.74. The average Bonchev–Trinajstić information content (AvgIpc) is 1.95. The molecule has 0 aliphatic rings. The van der Waals surface area contributed by atoms with E-state index in [1.54, 1.807) is 0 Å². The summed E-state index contributed by atoms with van der Waals surface area (Å²) in [5.74, 6) is 0. The SMILES string of the molecule is CNc1ccc(C)c([NH3+])c1. The van der Waals surface area contributed by atoms with E-state index in [9.17, 15) is 0 Å². The highest BCUT2D eigenvalue weighted by Gasteiger charge is 1.95. The van der Waals surface area contributed by atoms with Crippen molar-refractivity contribution in [3.63, 3.8) is 0 Å². The summed E-state index contributed by atoms with van der Waals surface area (Å²) in [5, 5.41) is 3.06. The molecule has 2 heteroatoms. The summed E-state index contributed by atoms with van der Waals surface area (Å²) >= 11 is 0. The van der Waals surface area contributed by atoms with Crippen LogP contribution in [0.25, 0.3) is 0 Å². The lowest BCUT2D eigenvalue weighted by atomic mass is 10.2. The zero-order valence-electron chi connectivity index (χ0n) is 6.44. The second kappa shape index (κ2) is 2.71. The van der Waals surface area contributed by atoms with Gasteiger partial charge in [-0.3, -0.25) is 0 Å². The Morgan fingerprint density at radius 3 is 2.60 bits per heavy atom. The monoisotopic (exact) mass is 137 g/mol. The fourth-order valence-electron chi connectivity index (χ4n) is 0.827. The smallest absolute Gasteiger partial charge is 0.132 e. The minimum atomic E-state index is 1.09. The van der Waals surface area contributed by atoms with E-state index in [2.05, 4.69) is 24.0 Å². The molecule has 0 atom stereocenters. The maximum absolute atomic E-state index is 3.89. The zero-order valence-corrected chi connectivity index (χ0v) is 6.44. The first-order valence-corrected chi connectivity index (χ1v) is 3.34. The molecule has 0 fully saturated rings. The van der Waals surface area contributed by atoms with Crippen molar-refractivity contribution in [2.75, 3.05) is 12.4 Å². The van der Waals surface area contributed by atoms with E-state index in [1.165, 1.54) is 5.56 Å². The molecule has 0 spiro atoms. The molecule has 0 radical (unpaired) electrons. The number of benzene rings is 1. The Morgan fingerprint density at radius 1 is 1.40 bits per heavy atom. The highest BCUT2D eigenvalue weighted by Crippen LogP contribution is 2.14. The highest BCUT2D eigenvalue weighted by molar-refractivity contribution is 5.53. The van der Waals surface area contributed by atoms with Gasteiger partial charge in [-0.05, 0) is 13.0 Å². The Labute approximate surface area is 61.1 Å². The van der Waals surface area contributed by atoms with Gasteiger partial charge in [0.25, 0.3) is 0 Å². The molecule has 0 amide bonds. The maximum Gasteiger partial charge on any atom is 0.132 e. The number of nitrogens with one attached hydrogen (secondary N) is 1. The molecule has 2 nitrogen and oxygen atoms in total. The van der Waals surface area contributed by atoms with E-state index in [-0.39, 0.29) is 0 Å². The quantitative estimate of drug-likeness (QED) is 0.593. The van der Waals surface area contributed by atoms with E-state index in [1.807, 2.05) is 19.2 Å². The molecular weight excluding hydrogens is 124 g/mol. The topological polar surface area (TPSA) is 39.7 Å². The van der Waals surface area contributed by atoms with E-state index in [0.717, 1.165) is 11.4 Å². The first kappa shape index (κ1) is 7.09. The Bertz CT molecular complexity index is 231. The van der Waals surface area contributed by atoms with Gasteiger partial charge in [-0.15, -0.1) is 0 Å². The van der Waals surface area contributed by atoms with Crippen molar-refractivity contribution in [1.82, 2.24) is 0 Å². The molecule has 1 aromatic carbocycles. The molecule has 1 rings (SSSR count). The molecule has 4 N–H and O–H groups in total. The lowest BCUT2D eigenvalue weighted by molar-refractivity contribution is -0.255. The molecule has 0 unspecified atom stereocenters. The van der Waals surface area contributed by atoms with Crippen molar-refractivity contribution in [1.29, 1.82) is 0 Å². The lowest BCUT2D eigenvalue weighted by Gasteiger charge is -2.00. The molecule has 10 heavy (non-hydrogen) atoms. The van der Waals surface area contributed by atoms with E-state index >= 15 is 0 Å². The van der Waals surface area contributed by atoms with Crippen LogP contribution >= 0.6 is 0 Å². The Morgan fingerprint density at radius 2 is 2.10 bits per heavy atom. The third-order valence-corrected chi connectivity index (χ3v) is 1.64. The van der Waals surface area contributed by atoms with Gasteiger partial charge in [-0.1, -0.05) is 6.07 Å².